The van der Waals surface area contributed by atoms with Gasteiger partial charge in [-0.1, -0.05) is 18.5 Å². The van der Waals surface area contributed by atoms with Crippen molar-refractivity contribution in [2.75, 3.05) is 19.6 Å². The largest absolute Gasteiger partial charge is 0.334 e. The van der Waals surface area contributed by atoms with E-state index in [0.717, 1.165) is 37.4 Å². The molecule has 1 N–H and O–H groups in total. The number of halogens is 2. The van der Waals surface area contributed by atoms with Crippen LogP contribution in [0.15, 0.2) is 12.1 Å². The van der Waals surface area contributed by atoms with Gasteiger partial charge in [0.05, 0.1) is 9.21 Å². The van der Waals surface area contributed by atoms with Gasteiger partial charge in [-0.05, 0) is 31.5 Å². The van der Waals surface area contributed by atoms with Crippen molar-refractivity contribution < 1.29 is 4.79 Å². The molecule has 1 aliphatic rings. The van der Waals surface area contributed by atoms with Crippen molar-refractivity contribution in [2.24, 2.45) is 0 Å². The van der Waals surface area contributed by atoms with Crippen molar-refractivity contribution in [2.45, 2.75) is 25.8 Å². The van der Waals surface area contributed by atoms with E-state index in [1.54, 1.807) is 6.07 Å². The van der Waals surface area contributed by atoms with E-state index in [9.17, 15) is 4.79 Å². The van der Waals surface area contributed by atoms with Gasteiger partial charge in [-0.3, -0.25) is 4.79 Å². The third-order valence-electron chi connectivity index (χ3n) is 2.98. The molecule has 1 fully saturated rings. The topological polar surface area (TPSA) is 32.3 Å². The van der Waals surface area contributed by atoms with Crippen molar-refractivity contribution in [1.82, 2.24) is 10.2 Å². The van der Waals surface area contributed by atoms with E-state index >= 15 is 0 Å². The van der Waals surface area contributed by atoms with Gasteiger partial charge in [0.2, 0.25) is 0 Å². The number of carbonyl (C=O) groups is 1. The monoisotopic (exact) mass is 308 g/mol. The highest BCUT2D eigenvalue weighted by Gasteiger charge is 2.27. The quantitative estimate of drug-likeness (QED) is 0.927. The highest BCUT2D eigenvalue weighted by Crippen LogP contribution is 2.24. The summed E-state index contributed by atoms with van der Waals surface area (Å²) in [7, 11) is 0. The Morgan fingerprint density at radius 2 is 2.39 bits per heavy atom. The molecule has 6 heteroatoms. The summed E-state index contributed by atoms with van der Waals surface area (Å²) in [6, 6.07) is 3.94. The van der Waals surface area contributed by atoms with Crippen LogP contribution in [0.2, 0.25) is 4.34 Å². The van der Waals surface area contributed by atoms with Crippen LogP contribution in [0.4, 0.5) is 0 Å². The summed E-state index contributed by atoms with van der Waals surface area (Å²) in [5, 5.41) is 3.31. The molecule has 1 amide bonds. The Bertz CT molecular complexity index is 391. The van der Waals surface area contributed by atoms with Crippen LogP contribution in [0.3, 0.4) is 0 Å². The number of thiophene rings is 1. The lowest BCUT2D eigenvalue weighted by atomic mass is 10.2. The van der Waals surface area contributed by atoms with Crippen LogP contribution in [0.1, 0.15) is 29.4 Å². The number of hydrogen-bond acceptors (Lipinski definition) is 3. The van der Waals surface area contributed by atoms with E-state index in [0.29, 0.717) is 10.4 Å². The van der Waals surface area contributed by atoms with Crippen LogP contribution in [-0.2, 0) is 0 Å². The molecule has 2 heterocycles. The van der Waals surface area contributed by atoms with Gasteiger partial charge in [-0.15, -0.1) is 23.7 Å². The summed E-state index contributed by atoms with van der Waals surface area (Å²) in [6.07, 6.45) is 2.03. The van der Waals surface area contributed by atoms with Crippen LogP contribution in [0.25, 0.3) is 0 Å². The minimum absolute atomic E-state index is 0. The second-order valence-corrected chi connectivity index (χ2v) is 5.96. The first-order valence-electron chi connectivity index (χ1n) is 5.99. The second-order valence-electron chi connectivity index (χ2n) is 4.25. The molecule has 0 aliphatic carbocycles. The number of nitrogens with zero attached hydrogens (tertiary/aromatic N) is 1. The zero-order valence-electron chi connectivity index (χ0n) is 10.3. The summed E-state index contributed by atoms with van der Waals surface area (Å²) in [5.74, 6) is 0.123. The normalized spacial score (nSPS) is 18.4. The summed E-state index contributed by atoms with van der Waals surface area (Å²) >= 11 is 7.24. The summed E-state index contributed by atoms with van der Waals surface area (Å²) in [6.45, 7) is 4.83. The lowest BCUT2D eigenvalue weighted by Crippen LogP contribution is -2.41. The van der Waals surface area contributed by atoms with Gasteiger partial charge < -0.3 is 10.2 Å². The maximum atomic E-state index is 12.4. The molecule has 18 heavy (non-hydrogen) atoms. The third-order valence-corrected chi connectivity index (χ3v) is 4.20. The van der Waals surface area contributed by atoms with Gasteiger partial charge in [0.15, 0.2) is 0 Å². The standard InChI is InChI=1S/C12H17ClN2OS.ClH/c1-2-7-15(9-5-6-14-8-9)12(16)10-3-4-11(13)17-10;/h3-4,9,14H,2,5-8H2,1H3;1H. The predicted molar refractivity (Wildman–Crippen MR) is 79.2 cm³/mol. The van der Waals surface area contributed by atoms with E-state index in [1.807, 2.05) is 11.0 Å². The van der Waals surface area contributed by atoms with Crippen molar-refractivity contribution in [3.63, 3.8) is 0 Å². The highest BCUT2D eigenvalue weighted by atomic mass is 35.5. The van der Waals surface area contributed by atoms with Crippen LogP contribution >= 0.6 is 35.3 Å². The summed E-state index contributed by atoms with van der Waals surface area (Å²) in [4.78, 5) is 15.1. The van der Waals surface area contributed by atoms with Crippen molar-refractivity contribution >= 4 is 41.3 Å². The van der Waals surface area contributed by atoms with Gasteiger partial charge in [0.1, 0.15) is 0 Å². The Morgan fingerprint density at radius 3 is 2.89 bits per heavy atom. The maximum absolute atomic E-state index is 12.4. The molecule has 0 aromatic carbocycles. The first kappa shape index (κ1) is 15.8. The predicted octanol–water partition coefficient (Wildman–Crippen LogP) is 3.04. The fourth-order valence-corrected chi connectivity index (χ4v) is 3.17. The van der Waals surface area contributed by atoms with Gasteiger partial charge in [0, 0.05) is 19.1 Å². The van der Waals surface area contributed by atoms with E-state index < -0.39 is 0 Å². The number of nitrogens with one attached hydrogen (secondary N) is 1. The van der Waals surface area contributed by atoms with E-state index in [-0.39, 0.29) is 18.3 Å². The van der Waals surface area contributed by atoms with Crippen molar-refractivity contribution in [3.8, 4) is 0 Å². The lowest BCUT2D eigenvalue weighted by molar-refractivity contribution is 0.0697. The number of amides is 1. The molecule has 1 atom stereocenters. The fourth-order valence-electron chi connectivity index (χ4n) is 2.17. The number of carbonyl (C=O) groups excluding carboxylic acids is 1. The van der Waals surface area contributed by atoms with E-state index in [4.69, 9.17) is 11.6 Å². The minimum Gasteiger partial charge on any atom is -0.334 e. The molecule has 0 bridgehead atoms. The zero-order chi connectivity index (χ0) is 12.3. The zero-order valence-corrected chi connectivity index (χ0v) is 12.7. The smallest absolute Gasteiger partial charge is 0.264 e. The first-order valence-corrected chi connectivity index (χ1v) is 7.19. The van der Waals surface area contributed by atoms with Gasteiger partial charge >= 0.3 is 0 Å². The molecule has 102 valence electrons. The van der Waals surface area contributed by atoms with Crippen LogP contribution in [0.5, 0.6) is 0 Å². The molecule has 1 aromatic heterocycles. The van der Waals surface area contributed by atoms with Crippen LogP contribution in [0, 0.1) is 0 Å². The number of rotatable bonds is 4. The fraction of sp³-hybridized carbons (Fsp3) is 0.583. The molecular weight excluding hydrogens is 291 g/mol. The molecule has 1 aromatic rings. The molecular formula is C12H18Cl2N2OS. The molecule has 1 aliphatic heterocycles. The Morgan fingerprint density at radius 1 is 1.61 bits per heavy atom. The molecule has 3 nitrogen and oxygen atoms in total. The van der Waals surface area contributed by atoms with E-state index in [2.05, 4.69) is 12.2 Å². The van der Waals surface area contributed by atoms with Gasteiger partial charge in [0.25, 0.3) is 5.91 Å². The van der Waals surface area contributed by atoms with Crippen LogP contribution < -0.4 is 5.32 Å². The molecule has 0 radical (unpaired) electrons. The number of hydrogen-bond donors (Lipinski definition) is 1. The summed E-state index contributed by atoms with van der Waals surface area (Å²) in [5.41, 5.74) is 0. The Kier molecular flexibility index (Phi) is 6.43. The lowest BCUT2D eigenvalue weighted by Gasteiger charge is -2.27. The summed E-state index contributed by atoms with van der Waals surface area (Å²) < 4.78 is 0.675. The average Bonchev–Trinajstić information content (AvgIpc) is 2.95. The Labute approximate surface area is 123 Å². The molecule has 1 unspecified atom stereocenters. The molecule has 1 saturated heterocycles. The van der Waals surface area contributed by atoms with Gasteiger partial charge in [-0.2, -0.15) is 0 Å². The SMILES string of the molecule is CCCN(C(=O)c1ccc(Cl)s1)C1CCNC1.Cl. The van der Waals surface area contributed by atoms with Crippen molar-refractivity contribution in [1.29, 1.82) is 0 Å². The van der Waals surface area contributed by atoms with E-state index in [1.165, 1.54) is 11.3 Å². The average molecular weight is 309 g/mol. The highest BCUT2D eigenvalue weighted by molar-refractivity contribution is 7.17. The minimum atomic E-state index is 0. The molecule has 0 spiro atoms. The second kappa shape index (κ2) is 7.34. The molecule has 0 saturated carbocycles. The third kappa shape index (κ3) is 3.60. The van der Waals surface area contributed by atoms with Crippen molar-refractivity contribution in [3.05, 3.63) is 21.3 Å². The van der Waals surface area contributed by atoms with Crippen LogP contribution in [-0.4, -0.2) is 36.5 Å². The maximum Gasteiger partial charge on any atom is 0.264 e. The Hall–Kier alpha value is -0.290. The van der Waals surface area contributed by atoms with Gasteiger partial charge in [-0.25, -0.2) is 0 Å². The molecule has 2 rings (SSSR count). The first-order chi connectivity index (χ1) is 8.22. The Balaban J connectivity index is 0.00000162.